The summed E-state index contributed by atoms with van der Waals surface area (Å²) in [6.45, 7) is 3.11. The lowest BCUT2D eigenvalue weighted by atomic mass is 10.1. The van der Waals surface area contributed by atoms with E-state index in [2.05, 4.69) is 31.0 Å². The summed E-state index contributed by atoms with van der Waals surface area (Å²) >= 11 is 3.28. The molecule has 0 saturated heterocycles. The third-order valence-electron chi connectivity index (χ3n) is 2.16. The smallest absolute Gasteiger partial charge is 0.387 e. The molecule has 7 heteroatoms. The molecular formula is C13H18BrF2N3O. The van der Waals surface area contributed by atoms with Gasteiger partial charge < -0.3 is 15.8 Å². The summed E-state index contributed by atoms with van der Waals surface area (Å²) in [7, 11) is 0. The van der Waals surface area contributed by atoms with Crippen molar-refractivity contribution < 1.29 is 13.5 Å². The number of nitrogens with one attached hydrogen (secondary N) is 1. The zero-order chi connectivity index (χ0) is 15.3. The summed E-state index contributed by atoms with van der Waals surface area (Å²) < 4.78 is 29.8. The number of guanidine groups is 1. The normalized spacial score (nSPS) is 12.7. The van der Waals surface area contributed by atoms with Crippen molar-refractivity contribution >= 4 is 21.9 Å². The van der Waals surface area contributed by atoms with Gasteiger partial charge in [-0.2, -0.15) is 8.78 Å². The zero-order valence-electron chi connectivity index (χ0n) is 11.6. The molecule has 0 aliphatic rings. The molecule has 0 heterocycles. The standard InChI is InChI=1S/C13H18BrF2N3O/c1-13(2,3)19-12(17)18-7-8-6-9(14)4-5-10(8)20-11(15)16/h4-6,11H,7H2,1-3H3,(H3,17,18,19). The van der Waals surface area contributed by atoms with Crippen LogP contribution in [0.2, 0.25) is 0 Å². The highest BCUT2D eigenvalue weighted by atomic mass is 79.9. The molecule has 112 valence electrons. The summed E-state index contributed by atoms with van der Waals surface area (Å²) in [5.41, 5.74) is 6.05. The molecule has 0 amide bonds. The Morgan fingerprint density at radius 2 is 2.10 bits per heavy atom. The van der Waals surface area contributed by atoms with Crippen molar-refractivity contribution in [3.63, 3.8) is 0 Å². The van der Waals surface area contributed by atoms with Crippen molar-refractivity contribution in [2.75, 3.05) is 0 Å². The van der Waals surface area contributed by atoms with Crippen molar-refractivity contribution in [1.29, 1.82) is 0 Å². The van der Waals surface area contributed by atoms with Crippen LogP contribution < -0.4 is 15.8 Å². The van der Waals surface area contributed by atoms with E-state index in [1.54, 1.807) is 12.1 Å². The number of halogens is 3. The van der Waals surface area contributed by atoms with Gasteiger partial charge >= 0.3 is 6.61 Å². The van der Waals surface area contributed by atoms with Crippen LogP contribution in [-0.2, 0) is 6.54 Å². The average molecular weight is 350 g/mol. The van der Waals surface area contributed by atoms with Crippen LogP contribution in [0.25, 0.3) is 0 Å². The van der Waals surface area contributed by atoms with Gasteiger partial charge in [-0.25, -0.2) is 4.99 Å². The molecule has 0 bridgehead atoms. The Hall–Kier alpha value is -1.37. The number of rotatable bonds is 4. The van der Waals surface area contributed by atoms with Gasteiger partial charge in [-0.05, 0) is 39.0 Å². The van der Waals surface area contributed by atoms with Gasteiger partial charge in [-0.15, -0.1) is 0 Å². The lowest BCUT2D eigenvalue weighted by molar-refractivity contribution is -0.0504. The summed E-state index contributed by atoms with van der Waals surface area (Å²) in [5.74, 6) is 0.344. The fourth-order valence-corrected chi connectivity index (χ4v) is 1.89. The third-order valence-corrected chi connectivity index (χ3v) is 2.65. The Kier molecular flexibility index (Phi) is 5.74. The van der Waals surface area contributed by atoms with Crippen LogP contribution in [0, 0.1) is 0 Å². The molecule has 0 spiro atoms. The number of alkyl halides is 2. The van der Waals surface area contributed by atoms with E-state index in [4.69, 9.17) is 5.73 Å². The predicted octanol–water partition coefficient (Wildman–Crippen LogP) is 3.25. The molecular weight excluding hydrogens is 332 g/mol. The van der Waals surface area contributed by atoms with E-state index in [1.807, 2.05) is 20.8 Å². The molecule has 3 N–H and O–H groups in total. The summed E-state index contributed by atoms with van der Waals surface area (Å²) in [4.78, 5) is 4.13. The first-order valence-electron chi connectivity index (χ1n) is 5.99. The van der Waals surface area contributed by atoms with E-state index < -0.39 is 6.61 Å². The molecule has 0 fully saturated rings. The van der Waals surface area contributed by atoms with E-state index in [-0.39, 0.29) is 23.8 Å². The number of benzene rings is 1. The number of nitrogens with two attached hydrogens (primary N) is 1. The maximum atomic E-state index is 12.3. The molecule has 0 aromatic heterocycles. The van der Waals surface area contributed by atoms with Crippen LogP contribution in [0.1, 0.15) is 26.3 Å². The van der Waals surface area contributed by atoms with Crippen LogP contribution in [-0.4, -0.2) is 18.1 Å². The Bertz CT molecular complexity index is 487. The number of ether oxygens (including phenoxy) is 1. The van der Waals surface area contributed by atoms with Gasteiger partial charge in [0.05, 0.1) is 6.54 Å². The van der Waals surface area contributed by atoms with Crippen molar-refractivity contribution in [3.8, 4) is 5.75 Å². The van der Waals surface area contributed by atoms with Crippen LogP contribution in [0.5, 0.6) is 5.75 Å². The van der Waals surface area contributed by atoms with E-state index in [9.17, 15) is 8.78 Å². The van der Waals surface area contributed by atoms with Crippen LogP contribution in [0.3, 0.4) is 0 Å². The first-order chi connectivity index (χ1) is 9.17. The molecule has 1 aromatic carbocycles. The van der Waals surface area contributed by atoms with Crippen molar-refractivity contribution in [2.24, 2.45) is 10.7 Å². The average Bonchev–Trinajstić information content (AvgIpc) is 2.26. The Morgan fingerprint density at radius 1 is 1.45 bits per heavy atom. The summed E-state index contributed by atoms with van der Waals surface area (Å²) in [6, 6.07) is 4.77. The molecule has 0 radical (unpaired) electrons. The highest BCUT2D eigenvalue weighted by Crippen LogP contribution is 2.25. The minimum absolute atomic E-state index is 0.0931. The molecule has 4 nitrogen and oxygen atoms in total. The first kappa shape index (κ1) is 16.7. The van der Waals surface area contributed by atoms with Gasteiger partial charge in [-0.1, -0.05) is 15.9 Å². The second-order valence-electron chi connectivity index (χ2n) is 5.21. The maximum Gasteiger partial charge on any atom is 0.387 e. The molecule has 0 aliphatic heterocycles. The quantitative estimate of drug-likeness (QED) is 0.647. The summed E-state index contributed by atoms with van der Waals surface area (Å²) in [5, 5.41) is 2.99. The number of hydrogen-bond acceptors (Lipinski definition) is 2. The molecule has 0 aliphatic carbocycles. The Morgan fingerprint density at radius 3 is 2.65 bits per heavy atom. The lowest BCUT2D eigenvalue weighted by Crippen LogP contribution is -2.44. The minimum atomic E-state index is -2.87. The minimum Gasteiger partial charge on any atom is -0.434 e. The van der Waals surface area contributed by atoms with Gasteiger partial charge in [-0.3, -0.25) is 0 Å². The van der Waals surface area contributed by atoms with Crippen molar-refractivity contribution in [3.05, 3.63) is 28.2 Å². The van der Waals surface area contributed by atoms with Gasteiger partial charge in [0.25, 0.3) is 0 Å². The Labute approximate surface area is 125 Å². The van der Waals surface area contributed by atoms with Crippen molar-refractivity contribution in [2.45, 2.75) is 39.5 Å². The topological polar surface area (TPSA) is 59.6 Å². The van der Waals surface area contributed by atoms with Crippen LogP contribution in [0.4, 0.5) is 8.78 Å². The monoisotopic (exact) mass is 349 g/mol. The van der Waals surface area contributed by atoms with Gasteiger partial charge in [0.2, 0.25) is 0 Å². The second-order valence-corrected chi connectivity index (χ2v) is 6.12. The van der Waals surface area contributed by atoms with Gasteiger partial charge in [0.15, 0.2) is 5.96 Å². The van der Waals surface area contributed by atoms with Crippen molar-refractivity contribution in [1.82, 2.24) is 5.32 Å². The zero-order valence-corrected chi connectivity index (χ0v) is 13.2. The molecule has 0 atom stereocenters. The molecule has 1 aromatic rings. The van der Waals surface area contributed by atoms with Gasteiger partial charge in [0, 0.05) is 15.6 Å². The van der Waals surface area contributed by atoms with E-state index >= 15 is 0 Å². The van der Waals surface area contributed by atoms with Crippen LogP contribution >= 0.6 is 15.9 Å². The predicted molar refractivity (Wildman–Crippen MR) is 79.0 cm³/mol. The highest BCUT2D eigenvalue weighted by Gasteiger charge is 2.12. The number of nitrogens with zero attached hydrogens (tertiary/aromatic N) is 1. The lowest BCUT2D eigenvalue weighted by Gasteiger charge is -2.21. The first-order valence-corrected chi connectivity index (χ1v) is 6.78. The van der Waals surface area contributed by atoms with E-state index in [0.29, 0.717) is 5.56 Å². The summed E-state index contributed by atoms with van der Waals surface area (Å²) in [6.07, 6.45) is 0. The van der Waals surface area contributed by atoms with E-state index in [1.165, 1.54) is 6.07 Å². The molecule has 20 heavy (non-hydrogen) atoms. The maximum absolute atomic E-state index is 12.3. The third kappa shape index (κ3) is 6.18. The SMILES string of the molecule is CC(C)(C)NC(N)=NCc1cc(Br)ccc1OC(F)F. The molecule has 0 unspecified atom stereocenters. The highest BCUT2D eigenvalue weighted by molar-refractivity contribution is 9.10. The number of aliphatic imine (C=N–C) groups is 1. The largest absolute Gasteiger partial charge is 0.434 e. The number of hydrogen-bond donors (Lipinski definition) is 2. The fraction of sp³-hybridized carbons (Fsp3) is 0.462. The molecule has 1 rings (SSSR count). The van der Waals surface area contributed by atoms with Gasteiger partial charge in [0.1, 0.15) is 5.75 Å². The second kappa shape index (κ2) is 6.88. The molecule has 0 saturated carbocycles. The fourth-order valence-electron chi connectivity index (χ4n) is 1.48. The van der Waals surface area contributed by atoms with E-state index in [0.717, 1.165) is 4.47 Å². The van der Waals surface area contributed by atoms with Crippen LogP contribution in [0.15, 0.2) is 27.7 Å². The Balaban J connectivity index is 2.85.